The zero-order chi connectivity index (χ0) is 19.7. The number of rotatable bonds is 5. The van der Waals surface area contributed by atoms with Crippen LogP contribution in [0.4, 0.5) is 0 Å². The Morgan fingerprint density at radius 3 is 2.32 bits per heavy atom. The van der Waals surface area contributed by atoms with E-state index in [1.807, 2.05) is 35.0 Å². The molecule has 0 amide bonds. The van der Waals surface area contributed by atoms with Gasteiger partial charge in [0.1, 0.15) is 10.6 Å². The minimum atomic E-state index is -3.61. The van der Waals surface area contributed by atoms with Gasteiger partial charge in [-0.3, -0.25) is 4.68 Å². The maximum absolute atomic E-state index is 13.6. The lowest BCUT2D eigenvalue weighted by molar-refractivity contribution is 0.197. The maximum Gasteiger partial charge on any atom is 0.246 e. The fourth-order valence-electron chi connectivity index (χ4n) is 4.43. The highest BCUT2D eigenvalue weighted by Gasteiger charge is 2.34. The van der Waals surface area contributed by atoms with E-state index < -0.39 is 10.0 Å². The van der Waals surface area contributed by atoms with Crippen LogP contribution in [-0.4, -0.2) is 60.6 Å². The average molecular weight is 403 g/mol. The zero-order valence-electron chi connectivity index (χ0n) is 16.8. The first-order valence-electron chi connectivity index (χ1n) is 10.3. The molecule has 0 bridgehead atoms. The topological polar surface area (TPSA) is 58.4 Å². The molecular weight excluding hydrogens is 372 g/mol. The van der Waals surface area contributed by atoms with Gasteiger partial charge < -0.3 is 4.90 Å². The van der Waals surface area contributed by atoms with E-state index in [1.165, 1.54) is 12.8 Å². The van der Waals surface area contributed by atoms with Crippen LogP contribution in [0.1, 0.15) is 44.6 Å². The summed E-state index contributed by atoms with van der Waals surface area (Å²) in [7, 11) is 0.204. The first-order chi connectivity index (χ1) is 13.5. The molecule has 0 spiro atoms. The van der Waals surface area contributed by atoms with Gasteiger partial charge in [0.05, 0.1) is 6.04 Å². The zero-order valence-corrected chi connectivity index (χ0v) is 17.6. The highest BCUT2D eigenvalue weighted by atomic mass is 32.2. The third-order valence-corrected chi connectivity index (χ3v) is 8.21. The van der Waals surface area contributed by atoms with E-state index in [2.05, 4.69) is 11.9 Å². The number of likely N-dealkylation sites (tertiary alicyclic amines) is 1. The minimum Gasteiger partial charge on any atom is -0.306 e. The lowest BCUT2D eigenvalue weighted by Gasteiger charge is -2.34. The van der Waals surface area contributed by atoms with Crippen molar-refractivity contribution in [2.24, 2.45) is 0 Å². The molecule has 6 nitrogen and oxygen atoms in total. The van der Waals surface area contributed by atoms with Crippen LogP contribution in [0.2, 0.25) is 0 Å². The molecule has 2 fully saturated rings. The molecule has 0 radical (unpaired) electrons. The Morgan fingerprint density at radius 2 is 1.68 bits per heavy atom. The van der Waals surface area contributed by atoms with Gasteiger partial charge in [-0.1, -0.05) is 43.2 Å². The van der Waals surface area contributed by atoms with Crippen LogP contribution in [0.3, 0.4) is 0 Å². The molecule has 1 saturated carbocycles. The Morgan fingerprint density at radius 1 is 1.04 bits per heavy atom. The van der Waals surface area contributed by atoms with Gasteiger partial charge in [-0.05, 0) is 45.8 Å². The summed E-state index contributed by atoms with van der Waals surface area (Å²) in [5.41, 5.74) is 1.43. The third kappa shape index (κ3) is 3.75. The van der Waals surface area contributed by atoms with Crippen molar-refractivity contribution in [3.8, 4) is 11.3 Å². The van der Waals surface area contributed by atoms with Crippen molar-refractivity contribution in [2.45, 2.75) is 55.5 Å². The Kier molecular flexibility index (Phi) is 5.58. The number of nitrogens with zero attached hydrogens (tertiary/aromatic N) is 4. The van der Waals surface area contributed by atoms with Gasteiger partial charge in [0, 0.05) is 24.8 Å². The normalized spacial score (nSPS) is 20.2. The minimum absolute atomic E-state index is 0.0413. The van der Waals surface area contributed by atoms with Gasteiger partial charge in [-0.25, -0.2) is 8.42 Å². The molecule has 1 aromatic carbocycles. The number of aromatic nitrogens is 2. The second kappa shape index (κ2) is 7.97. The molecule has 0 N–H and O–H groups in total. The summed E-state index contributed by atoms with van der Waals surface area (Å²) < 4.78 is 30.7. The Bertz CT molecular complexity index is 896. The molecule has 1 aromatic heterocycles. The summed E-state index contributed by atoms with van der Waals surface area (Å²) in [5.74, 6) is 0. The molecule has 0 atom stereocenters. The number of piperidine rings is 1. The second-order valence-corrected chi connectivity index (χ2v) is 10.1. The van der Waals surface area contributed by atoms with Crippen molar-refractivity contribution in [1.82, 2.24) is 19.0 Å². The first-order valence-corrected chi connectivity index (χ1v) is 11.7. The van der Waals surface area contributed by atoms with Crippen molar-refractivity contribution < 1.29 is 8.42 Å². The summed E-state index contributed by atoms with van der Waals surface area (Å²) in [5, 5.41) is 4.77. The fraction of sp³-hybridized carbons (Fsp3) is 0.571. The largest absolute Gasteiger partial charge is 0.306 e. The van der Waals surface area contributed by atoms with Gasteiger partial charge in [0.25, 0.3) is 0 Å². The number of benzene rings is 1. The Hall–Kier alpha value is -1.70. The van der Waals surface area contributed by atoms with Crippen LogP contribution in [-0.2, 0) is 10.0 Å². The molecule has 0 unspecified atom stereocenters. The highest BCUT2D eigenvalue weighted by molar-refractivity contribution is 7.89. The summed E-state index contributed by atoms with van der Waals surface area (Å²) in [6, 6.07) is 10.0. The van der Waals surface area contributed by atoms with Crippen LogP contribution >= 0.6 is 0 Å². The summed E-state index contributed by atoms with van der Waals surface area (Å²) in [6.07, 6.45) is 8.01. The summed E-state index contributed by atoms with van der Waals surface area (Å²) >= 11 is 0. The average Bonchev–Trinajstić information content (AvgIpc) is 3.39. The van der Waals surface area contributed by atoms with Crippen molar-refractivity contribution in [1.29, 1.82) is 0 Å². The predicted octanol–water partition coefficient (Wildman–Crippen LogP) is 3.38. The number of hydrogen-bond acceptors (Lipinski definition) is 4. The lowest BCUT2D eigenvalue weighted by atomic mass is 10.1. The smallest absolute Gasteiger partial charge is 0.246 e. The van der Waals surface area contributed by atoms with Crippen molar-refractivity contribution in [3.05, 3.63) is 36.5 Å². The molecule has 28 heavy (non-hydrogen) atoms. The molecule has 2 aliphatic rings. The van der Waals surface area contributed by atoms with Crippen molar-refractivity contribution in [2.75, 3.05) is 27.2 Å². The molecule has 4 rings (SSSR count). The van der Waals surface area contributed by atoms with E-state index in [0.29, 0.717) is 16.6 Å². The van der Waals surface area contributed by atoms with Crippen molar-refractivity contribution in [3.63, 3.8) is 0 Å². The molecule has 7 heteroatoms. The first kappa shape index (κ1) is 19.6. The van der Waals surface area contributed by atoms with Gasteiger partial charge in [0.15, 0.2) is 0 Å². The van der Waals surface area contributed by atoms with Crippen LogP contribution in [0.15, 0.2) is 41.4 Å². The highest BCUT2D eigenvalue weighted by Crippen LogP contribution is 2.35. The standard InChI is InChI=1S/C21H30N4O2S/c1-23-14-12-18(13-15-23)24(2)28(26,27)20-16-25(19-10-6-7-11-19)22-21(20)17-8-4-3-5-9-17/h3-5,8-9,16,18-19H,6-7,10-15H2,1-2H3. The molecule has 2 aromatic rings. The summed E-state index contributed by atoms with van der Waals surface area (Å²) in [4.78, 5) is 2.59. The Balaban J connectivity index is 1.72. The maximum atomic E-state index is 13.6. The van der Waals surface area contributed by atoms with E-state index in [-0.39, 0.29) is 6.04 Å². The number of hydrogen-bond donors (Lipinski definition) is 0. The number of sulfonamides is 1. The SMILES string of the molecule is CN1CCC(N(C)S(=O)(=O)c2cn(C3CCCC3)nc2-c2ccccc2)CC1. The monoisotopic (exact) mass is 402 g/mol. The molecule has 1 aliphatic carbocycles. The molecule has 1 saturated heterocycles. The second-order valence-electron chi connectivity index (χ2n) is 8.18. The van der Waals surface area contributed by atoms with Gasteiger partial charge in [-0.2, -0.15) is 9.40 Å². The van der Waals surface area contributed by atoms with Crippen LogP contribution in [0, 0.1) is 0 Å². The van der Waals surface area contributed by atoms with Crippen LogP contribution in [0.5, 0.6) is 0 Å². The van der Waals surface area contributed by atoms with Gasteiger partial charge in [-0.15, -0.1) is 0 Å². The fourth-order valence-corrected chi connectivity index (χ4v) is 5.98. The van der Waals surface area contributed by atoms with E-state index in [4.69, 9.17) is 5.10 Å². The molecule has 2 heterocycles. The Labute approximate surface area is 168 Å². The molecule has 1 aliphatic heterocycles. The van der Waals surface area contributed by atoms with Gasteiger partial charge in [0.2, 0.25) is 10.0 Å². The quantitative estimate of drug-likeness (QED) is 0.769. The van der Waals surface area contributed by atoms with Gasteiger partial charge >= 0.3 is 0 Å². The van der Waals surface area contributed by atoms with E-state index in [1.54, 1.807) is 17.5 Å². The van der Waals surface area contributed by atoms with Crippen LogP contribution in [0.25, 0.3) is 11.3 Å². The lowest BCUT2D eigenvalue weighted by Crippen LogP contribution is -2.44. The van der Waals surface area contributed by atoms with E-state index in [0.717, 1.165) is 44.3 Å². The molecule has 152 valence electrons. The third-order valence-electron chi connectivity index (χ3n) is 6.30. The van der Waals surface area contributed by atoms with Crippen molar-refractivity contribution >= 4 is 10.0 Å². The van der Waals surface area contributed by atoms with E-state index in [9.17, 15) is 8.42 Å². The predicted molar refractivity (Wildman–Crippen MR) is 111 cm³/mol. The summed E-state index contributed by atoms with van der Waals surface area (Å²) in [6.45, 7) is 1.86. The van der Waals surface area contributed by atoms with Crippen LogP contribution < -0.4 is 0 Å². The molecular formula is C21H30N4O2S. The van der Waals surface area contributed by atoms with E-state index >= 15 is 0 Å².